The van der Waals surface area contributed by atoms with Gasteiger partial charge in [-0.25, -0.2) is 0 Å². The third-order valence-corrected chi connectivity index (χ3v) is 4.83. The molecule has 0 radical (unpaired) electrons. The summed E-state index contributed by atoms with van der Waals surface area (Å²) in [5.41, 5.74) is 0.820. The van der Waals surface area contributed by atoms with Crippen LogP contribution in [0.25, 0.3) is 0 Å². The van der Waals surface area contributed by atoms with Crippen LogP contribution in [0, 0.1) is 0 Å². The van der Waals surface area contributed by atoms with Gasteiger partial charge in [0, 0.05) is 43.1 Å². The number of alkyl halides is 3. The number of piperazine rings is 1. The first-order valence-electron chi connectivity index (χ1n) is 7.54. The second kappa shape index (κ2) is 9.50. The molecular formula is C15H20BrCl2F3N2O2. The summed E-state index contributed by atoms with van der Waals surface area (Å²) in [6.07, 6.45) is -4.93. The van der Waals surface area contributed by atoms with Crippen molar-refractivity contribution in [2.24, 2.45) is 0 Å². The molecule has 0 bridgehead atoms. The lowest BCUT2D eigenvalue weighted by Gasteiger charge is -2.36. The molecule has 10 heteroatoms. The lowest BCUT2D eigenvalue weighted by molar-refractivity contribution is -0.138. The molecule has 4 nitrogen and oxygen atoms in total. The average molecular weight is 468 g/mol. The minimum absolute atomic E-state index is 0. The van der Waals surface area contributed by atoms with Crippen LogP contribution >= 0.6 is 40.7 Å². The van der Waals surface area contributed by atoms with E-state index in [1.165, 1.54) is 0 Å². The van der Waals surface area contributed by atoms with Crippen molar-refractivity contribution in [3.63, 3.8) is 0 Å². The van der Waals surface area contributed by atoms with Crippen LogP contribution in [0.1, 0.15) is 24.4 Å². The molecule has 25 heavy (non-hydrogen) atoms. The summed E-state index contributed by atoms with van der Waals surface area (Å²) in [7, 11) is 0. The van der Waals surface area contributed by atoms with E-state index in [2.05, 4.69) is 26.1 Å². The van der Waals surface area contributed by atoms with Crippen LogP contribution in [0.4, 0.5) is 13.2 Å². The van der Waals surface area contributed by atoms with E-state index in [4.69, 9.17) is 9.47 Å². The first-order chi connectivity index (χ1) is 10.9. The van der Waals surface area contributed by atoms with E-state index in [1.54, 1.807) is 12.1 Å². The molecule has 0 aliphatic carbocycles. The van der Waals surface area contributed by atoms with E-state index in [9.17, 15) is 13.2 Å². The molecule has 0 unspecified atom stereocenters. The molecule has 144 valence electrons. The lowest BCUT2D eigenvalue weighted by atomic mass is 9.98. The summed E-state index contributed by atoms with van der Waals surface area (Å²) in [5, 5.41) is 3.23. The number of nitrogens with zero attached hydrogens (tertiary/aromatic N) is 1. The molecule has 1 saturated heterocycles. The smallest absolute Gasteiger partial charge is 0.389 e. The van der Waals surface area contributed by atoms with Gasteiger partial charge in [0.05, 0.1) is 0 Å². The van der Waals surface area contributed by atoms with Crippen LogP contribution in [0.3, 0.4) is 0 Å². The molecule has 0 amide bonds. The molecule has 2 aliphatic rings. The predicted molar refractivity (Wildman–Crippen MR) is 97.2 cm³/mol. The quantitative estimate of drug-likeness (QED) is 0.715. The van der Waals surface area contributed by atoms with E-state index < -0.39 is 12.6 Å². The minimum Gasteiger partial charge on any atom is -0.454 e. The second-order valence-electron chi connectivity index (χ2n) is 5.68. The van der Waals surface area contributed by atoms with Crippen LogP contribution in [0.2, 0.25) is 0 Å². The zero-order valence-electron chi connectivity index (χ0n) is 13.3. The highest BCUT2D eigenvalue weighted by Crippen LogP contribution is 2.42. The Kier molecular flexibility index (Phi) is 8.60. The Morgan fingerprint density at radius 3 is 2.32 bits per heavy atom. The molecule has 1 aromatic carbocycles. The predicted octanol–water partition coefficient (Wildman–Crippen LogP) is 4.31. The van der Waals surface area contributed by atoms with Gasteiger partial charge in [0.2, 0.25) is 6.79 Å². The summed E-state index contributed by atoms with van der Waals surface area (Å²) in [6.45, 7) is 3.16. The molecule has 2 heterocycles. The maximum atomic E-state index is 12.7. The van der Waals surface area contributed by atoms with Crippen LogP contribution < -0.4 is 14.8 Å². The van der Waals surface area contributed by atoms with Crippen molar-refractivity contribution in [2.75, 3.05) is 33.0 Å². The van der Waals surface area contributed by atoms with E-state index >= 15 is 0 Å². The molecular weight excluding hydrogens is 448 g/mol. The third-order valence-electron chi connectivity index (χ3n) is 4.14. The Labute approximate surface area is 165 Å². The summed E-state index contributed by atoms with van der Waals surface area (Å²) in [6, 6.07) is 3.28. The van der Waals surface area contributed by atoms with Crippen molar-refractivity contribution in [2.45, 2.75) is 25.1 Å². The maximum Gasteiger partial charge on any atom is 0.389 e. The summed E-state index contributed by atoms with van der Waals surface area (Å²) in [4.78, 5) is 2.10. The molecule has 1 aromatic rings. The number of benzene rings is 1. The van der Waals surface area contributed by atoms with Crippen molar-refractivity contribution in [3.8, 4) is 11.5 Å². The Bertz CT molecular complexity index is 572. The van der Waals surface area contributed by atoms with Gasteiger partial charge in [0.25, 0.3) is 0 Å². The Balaban J connectivity index is 0.00000156. The molecule has 2 aliphatic heterocycles. The van der Waals surface area contributed by atoms with Crippen LogP contribution in [-0.4, -0.2) is 44.0 Å². The van der Waals surface area contributed by atoms with Crippen LogP contribution in [-0.2, 0) is 0 Å². The summed E-state index contributed by atoms with van der Waals surface area (Å²) < 4.78 is 49.7. The van der Waals surface area contributed by atoms with E-state index in [0.29, 0.717) is 11.5 Å². The molecule has 1 atom stereocenters. The number of halogens is 6. The molecule has 0 saturated carbocycles. The van der Waals surface area contributed by atoms with Gasteiger partial charge in [-0.1, -0.05) is 15.9 Å². The Hall–Kier alpha value is -0.410. The second-order valence-corrected chi connectivity index (χ2v) is 6.54. The van der Waals surface area contributed by atoms with Crippen LogP contribution in [0.15, 0.2) is 16.6 Å². The van der Waals surface area contributed by atoms with Crippen molar-refractivity contribution in [1.29, 1.82) is 0 Å². The normalized spacial score (nSPS) is 18.2. The van der Waals surface area contributed by atoms with Gasteiger partial charge in [-0.05, 0) is 24.1 Å². The van der Waals surface area contributed by atoms with Crippen molar-refractivity contribution in [1.82, 2.24) is 10.2 Å². The van der Waals surface area contributed by atoms with Crippen molar-refractivity contribution in [3.05, 3.63) is 22.2 Å². The highest BCUT2D eigenvalue weighted by atomic mass is 79.9. The first kappa shape index (κ1) is 22.6. The average Bonchev–Trinajstić information content (AvgIpc) is 2.94. The van der Waals surface area contributed by atoms with Gasteiger partial charge in [-0.15, -0.1) is 24.8 Å². The number of fused-ring (bicyclic) bond motifs is 1. The number of hydrogen-bond acceptors (Lipinski definition) is 4. The highest BCUT2D eigenvalue weighted by molar-refractivity contribution is 9.10. The lowest BCUT2D eigenvalue weighted by Crippen LogP contribution is -2.45. The number of hydrogen-bond donors (Lipinski definition) is 1. The fourth-order valence-electron chi connectivity index (χ4n) is 3.02. The standard InChI is InChI=1S/C15H18BrF3N2O2.2ClH/c16-11-8-14-13(22-9-23-14)7-10(11)12(1-2-15(17,18)19)21-5-3-20-4-6-21;;/h7-8,12,20H,1-6,9H2;2*1H/t12-;;/m0../s1. The van der Waals surface area contributed by atoms with Crippen molar-refractivity contribution >= 4 is 40.7 Å². The topological polar surface area (TPSA) is 33.7 Å². The van der Waals surface area contributed by atoms with E-state index in [-0.39, 0.29) is 44.1 Å². The van der Waals surface area contributed by atoms with E-state index in [0.717, 1.165) is 36.2 Å². The van der Waals surface area contributed by atoms with Gasteiger partial charge < -0.3 is 14.8 Å². The fraction of sp³-hybridized carbons (Fsp3) is 0.600. The van der Waals surface area contributed by atoms with Gasteiger partial charge in [-0.2, -0.15) is 13.2 Å². The molecule has 0 aromatic heterocycles. The summed E-state index contributed by atoms with van der Waals surface area (Å²) in [5.74, 6) is 1.21. The van der Waals surface area contributed by atoms with Crippen LogP contribution in [0.5, 0.6) is 11.5 Å². The monoisotopic (exact) mass is 466 g/mol. The third kappa shape index (κ3) is 5.79. The first-order valence-corrected chi connectivity index (χ1v) is 8.34. The minimum atomic E-state index is -4.16. The molecule has 1 N–H and O–H groups in total. The SMILES string of the molecule is Cl.Cl.FC(F)(F)CC[C@@H](c1cc2c(cc1Br)OCO2)N1CCNCC1. The highest BCUT2D eigenvalue weighted by Gasteiger charge is 2.33. The Morgan fingerprint density at radius 1 is 1.12 bits per heavy atom. The summed E-state index contributed by atoms with van der Waals surface area (Å²) >= 11 is 3.48. The van der Waals surface area contributed by atoms with Gasteiger partial charge in [0.1, 0.15) is 0 Å². The molecule has 0 spiro atoms. The number of ether oxygens (including phenoxy) is 2. The van der Waals surface area contributed by atoms with Gasteiger partial charge >= 0.3 is 6.18 Å². The number of rotatable bonds is 4. The zero-order valence-corrected chi connectivity index (χ0v) is 16.5. The van der Waals surface area contributed by atoms with Gasteiger partial charge in [0.15, 0.2) is 11.5 Å². The maximum absolute atomic E-state index is 12.7. The zero-order chi connectivity index (χ0) is 16.4. The number of nitrogens with one attached hydrogen (secondary N) is 1. The fourth-order valence-corrected chi connectivity index (χ4v) is 3.60. The molecule has 1 fully saturated rings. The molecule has 3 rings (SSSR count). The largest absolute Gasteiger partial charge is 0.454 e. The van der Waals surface area contributed by atoms with E-state index in [1.807, 2.05) is 0 Å². The Morgan fingerprint density at radius 2 is 1.72 bits per heavy atom. The van der Waals surface area contributed by atoms with Gasteiger partial charge in [-0.3, -0.25) is 4.90 Å². The van der Waals surface area contributed by atoms with Crippen molar-refractivity contribution < 1.29 is 22.6 Å².